The second kappa shape index (κ2) is 5.85. The Morgan fingerprint density at radius 1 is 1.53 bits per heavy atom. The van der Waals surface area contributed by atoms with Crippen LogP contribution in [0.4, 0.5) is 0 Å². The van der Waals surface area contributed by atoms with Crippen LogP contribution in [0, 0.1) is 0 Å². The zero-order valence-electron chi connectivity index (χ0n) is 8.57. The summed E-state index contributed by atoms with van der Waals surface area (Å²) in [6.45, 7) is 2.96. The van der Waals surface area contributed by atoms with Crippen LogP contribution in [0.5, 0.6) is 0 Å². The first-order valence-electron chi connectivity index (χ1n) is 4.86. The highest BCUT2D eigenvalue weighted by molar-refractivity contribution is 9.10. The van der Waals surface area contributed by atoms with Gasteiger partial charge in [-0.1, -0.05) is 28.1 Å². The zero-order chi connectivity index (χ0) is 9.97. The molecule has 0 radical (unpaired) electrons. The van der Waals surface area contributed by atoms with Gasteiger partial charge < -0.3 is 4.74 Å². The van der Waals surface area contributed by atoms with E-state index in [4.69, 9.17) is 4.74 Å². The van der Waals surface area contributed by atoms with E-state index in [1.807, 2.05) is 6.07 Å². The first-order chi connectivity index (χ1) is 6.74. The van der Waals surface area contributed by atoms with E-state index in [1.54, 1.807) is 0 Å². The van der Waals surface area contributed by atoms with Crippen molar-refractivity contribution in [3.8, 4) is 0 Å². The van der Waals surface area contributed by atoms with Crippen molar-refractivity contribution in [2.45, 2.75) is 25.6 Å². The van der Waals surface area contributed by atoms with Crippen molar-refractivity contribution in [2.75, 3.05) is 6.61 Å². The third-order valence-electron chi connectivity index (χ3n) is 2.33. The minimum absolute atomic E-state index is 0. The lowest BCUT2D eigenvalue weighted by molar-refractivity contribution is 0.101. The molecular formula is C11H15BrClNO. The number of hydrogen-bond donors (Lipinski definition) is 1. The Bertz CT molecular complexity index is 321. The van der Waals surface area contributed by atoms with Crippen LogP contribution in [0.15, 0.2) is 28.7 Å². The zero-order valence-corrected chi connectivity index (χ0v) is 11.0. The van der Waals surface area contributed by atoms with Crippen LogP contribution >= 0.6 is 28.3 Å². The first kappa shape index (κ1) is 13.0. The second-order valence-electron chi connectivity index (χ2n) is 3.72. The van der Waals surface area contributed by atoms with Gasteiger partial charge in [0.05, 0.1) is 6.61 Å². The number of hydrogen-bond acceptors (Lipinski definition) is 2. The predicted molar refractivity (Wildman–Crippen MR) is 67.4 cm³/mol. The third-order valence-corrected chi connectivity index (χ3v) is 2.82. The molecule has 0 bridgehead atoms. The molecule has 2 nitrogen and oxygen atoms in total. The molecule has 0 saturated carbocycles. The molecule has 1 fully saturated rings. The summed E-state index contributed by atoms with van der Waals surface area (Å²) in [6, 6.07) is 8.83. The highest BCUT2D eigenvalue weighted by atomic mass is 79.9. The summed E-state index contributed by atoms with van der Waals surface area (Å²) in [5.41, 5.74) is 1.30. The van der Waals surface area contributed by atoms with E-state index in [-0.39, 0.29) is 18.6 Å². The van der Waals surface area contributed by atoms with Crippen molar-refractivity contribution in [1.82, 2.24) is 5.32 Å². The molecule has 1 aliphatic rings. The molecule has 2 unspecified atom stereocenters. The minimum atomic E-state index is 0. The van der Waals surface area contributed by atoms with Crippen molar-refractivity contribution >= 4 is 28.3 Å². The Morgan fingerprint density at radius 3 is 2.93 bits per heavy atom. The molecule has 2 atom stereocenters. The lowest BCUT2D eigenvalue weighted by atomic mass is 10.1. The van der Waals surface area contributed by atoms with Gasteiger partial charge >= 0.3 is 0 Å². The highest BCUT2D eigenvalue weighted by Crippen LogP contribution is 2.15. The fourth-order valence-corrected chi connectivity index (χ4v) is 2.12. The summed E-state index contributed by atoms with van der Waals surface area (Å²) < 4.78 is 6.71. The van der Waals surface area contributed by atoms with E-state index >= 15 is 0 Å². The van der Waals surface area contributed by atoms with Crippen LogP contribution in [-0.4, -0.2) is 18.9 Å². The number of ether oxygens (including phenoxy) is 1. The number of rotatable bonds is 2. The molecule has 1 aromatic carbocycles. The van der Waals surface area contributed by atoms with Gasteiger partial charge in [-0.25, -0.2) is 0 Å². The van der Waals surface area contributed by atoms with E-state index in [0.29, 0.717) is 6.04 Å². The lowest BCUT2D eigenvalue weighted by Gasteiger charge is -2.10. The van der Waals surface area contributed by atoms with E-state index in [1.165, 1.54) is 5.56 Å². The van der Waals surface area contributed by atoms with Gasteiger partial charge in [0.2, 0.25) is 0 Å². The van der Waals surface area contributed by atoms with Gasteiger partial charge in [-0.2, -0.15) is 0 Å². The van der Waals surface area contributed by atoms with Crippen LogP contribution in [-0.2, 0) is 11.2 Å². The van der Waals surface area contributed by atoms with Gasteiger partial charge in [-0.3, -0.25) is 5.32 Å². The van der Waals surface area contributed by atoms with Crippen molar-refractivity contribution in [1.29, 1.82) is 0 Å². The molecule has 4 heteroatoms. The maximum absolute atomic E-state index is 5.58. The molecule has 1 aromatic rings. The van der Waals surface area contributed by atoms with Crippen molar-refractivity contribution < 1.29 is 4.74 Å². The average Bonchev–Trinajstić information content (AvgIpc) is 2.51. The van der Waals surface area contributed by atoms with E-state index in [0.717, 1.165) is 17.5 Å². The number of benzene rings is 1. The van der Waals surface area contributed by atoms with Crippen LogP contribution in [0.2, 0.25) is 0 Å². The molecule has 84 valence electrons. The maximum Gasteiger partial charge on any atom is 0.112 e. The second-order valence-corrected chi connectivity index (χ2v) is 4.64. The molecule has 0 aromatic heterocycles. The largest absolute Gasteiger partial charge is 0.361 e. The normalized spacial score (nSPS) is 24.9. The van der Waals surface area contributed by atoms with Crippen LogP contribution in [0.1, 0.15) is 12.5 Å². The van der Waals surface area contributed by atoms with Gasteiger partial charge in [0.25, 0.3) is 0 Å². The van der Waals surface area contributed by atoms with Crippen molar-refractivity contribution in [2.24, 2.45) is 0 Å². The standard InChI is InChI=1S/C11H14BrNO.ClH/c1-8-7-14-11(13-8)6-9-3-2-4-10(12)5-9;/h2-5,8,11,13H,6-7H2,1H3;1H. The average molecular weight is 293 g/mol. The van der Waals surface area contributed by atoms with Crippen molar-refractivity contribution in [3.63, 3.8) is 0 Å². The third kappa shape index (κ3) is 3.76. The van der Waals surface area contributed by atoms with Crippen LogP contribution in [0.3, 0.4) is 0 Å². The number of nitrogens with one attached hydrogen (secondary N) is 1. The van der Waals surface area contributed by atoms with Gasteiger partial charge in [-0.15, -0.1) is 12.4 Å². The summed E-state index contributed by atoms with van der Waals surface area (Å²) >= 11 is 3.46. The monoisotopic (exact) mass is 291 g/mol. The molecule has 15 heavy (non-hydrogen) atoms. The smallest absolute Gasteiger partial charge is 0.112 e. The summed E-state index contributed by atoms with van der Waals surface area (Å²) in [4.78, 5) is 0. The Hall–Kier alpha value is -0.0900. The molecule has 1 heterocycles. The molecule has 1 aliphatic heterocycles. The van der Waals surface area contributed by atoms with E-state index in [2.05, 4.69) is 46.4 Å². The molecule has 2 rings (SSSR count). The van der Waals surface area contributed by atoms with Crippen LogP contribution < -0.4 is 5.32 Å². The van der Waals surface area contributed by atoms with E-state index in [9.17, 15) is 0 Å². The molecule has 0 aliphatic carbocycles. The van der Waals surface area contributed by atoms with Crippen LogP contribution in [0.25, 0.3) is 0 Å². The van der Waals surface area contributed by atoms with Gasteiger partial charge in [-0.05, 0) is 24.6 Å². The van der Waals surface area contributed by atoms with Gasteiger partial charge in [0, 0.05) is 16.9 Å². The lowest BCUT2D eigenvalue weighted by Crippen LogP contribution is -2.29. The molecular weight excluding hydrogens is 277 g/mol. The molecule has 0 amide bonds. The topological polar surface area (TPSA) is 21.3 Å². The maximum atomic E-state index is 5.58. The summed E-state index contributed by atoms with van der Waals surface area (Å²) in [7, 11) is 0. The quantitative estimate of drug-likeness (QED) is 0.905. The van der Waals surface area contributed by atoms with Gasteiger partial charge in [0.15, 0.2) is 0 Å². The SMILES string of the molecule is CC1COC(Cc2cccc(Br)c2)N1.Cl. The molecule has 0 spiro atoms. The fourth-order valence-electron chi connectivity index (χ4n) is 1.67. The predicted octanol–water partition coefficient (Wildman–Crippen LogP) is 2.75. The van der Waals surface area contributed by atoms with Gasteiger partial charge in [0.1, 0.15) is 6.23 Å². The highest BCUT2D eigenvalue weighted by Gasteiger charge is 2.20. The summed E-state index contributed by atoms with van der Waals surface area (Å²) in [6.07, 6.45) is 1.11. The molecule has 1 N–H and O–H groups in total. The Labute approximate surface area is 105 Å². The molecule has 1 saturated heterocycles. The minimum Gasteiger partial charge on any atom is -0.361 e. The first-order valence-corrected chi connectivity index (χ1v) is 5.65. The van der Waals surface area contributed by atoms with Crippen molar-refractivity contribution in [3.05, 3.63) is 34.3 Å². The Balaban J connectivity index is 0.00000112. The van der Waals surface area contributed by atoms with E-state index < -0.39 is 0 Å². The number of halogens is 2. The fraction of sp³-hybridized carbons (Fsp3) is 0.455. The Morgan fingerprint density at radius 2 is 2.33 bits per heavy atom. The summed E-state index contributed by atoms with van der Waals surface area (Å²) in [5.74, 6) is 0. The Kier molecular flexibility index (Phi) is 5.06. The summed E-state index contributed by atoms with van der Waals surface area (Å²) in [5, 5.41) is 3.38.